The predicted octanol–water partition coefficient (Wildman–Crippen LogP) is 10.1. The van der Waals surface area contributed by atoms with Gasteiger partial charge in [0.15, 0.2) is 0 Å². The molecule has 0 N–H and O–H groups in total. The molecule has 0 unspecified atom stereocenters. The van der Waals surface area contributed by atoms with Gasteiger partial charge in [0.05, 0.1) is 0 Å². The molecule has 4 aliphatic heterocycles. The Balaban J connectivity index is 1.29. The molecule has 0 aliphatic carbocycles. The summed E-state index contributed by atoms with van der Waals surface area (Å²) in [7, 11) is 0. The second-order valence-corrected chi connectivity index (χ2v) is 14.5. The number of rotatable bonds is 4. The molecule has 8 aromatic carbocycles. The van der Waals surface area contributed by atoms with Gasteiger partial charge in [-0.2, -0.15) is 0 Å². The molecule has 0 spiro atoms. The summed E-state index contributed by atoms with van der Waals surface area (Å²) in [5.41, 5.74) is 19.9. The first kappa shape index (κ1) is 29.6. The largest absolute Gasteiger partial charge is 0.421 e. The third-order valence-electron chi connectivity index (χ3n) is 11.7. The molecule has 4 heterocycles. The first-order chi connectivity index (χ1) is 26.9. The van der Waals surface area contributed by atoms with E-state index in [9.17, 15) is 0 Å². The fraction of sp³-hybridized carbons (Fsp3) is 0. The van der Waals surface area contributed by atoms with Gasteiger partial charge >= 0.3 is 13.8 Å². The van der Waals surface area contributed by atoms with Gasteiger partial charge in [0, 0.05) is 62.3 Å². The van der Waals surface area contributed by atoms with Crippen LogP contribution < -0.4 is 35.7 Å². The van der Waals surface area contributed by atoms with Crippen molar-refractivity contribution in [2.24, 2.45) is 0 Å². The zero-order valence-electron chi connectivity index (χ0n) is 29.4. The van der Waals surface area contributed by atoms with E-state index in [2.05, 4.69) is 213 Å². The highest BCUT2D eigenvalue weighted by atomic mass is 15.3. The molecule has 12 rings (SSSR count). The molecule has 54 heavy (non-hydrogen) atoms. The smallest absolute Gasteiger partial charge is 0.376 e. The number of nitrogens with zero attached hydrogens (tertiary/aromatic N) is 4. The van der Waals surface area contributed by atoms with Crippen molar-refractivity contribution in [3.8, 4) is 22.3 Å². The Morgan fingerprint density at radius 3 is 1.44 bits per heavy atom. The van der Waals surface area contributed by atoms with E-state index in [1.165, 1.54) is 78.5 Å². The molecule has 250 valence electrons. The average molecular weight is 686 g/mol. The first-order valence-electron chi connectivity index (χ1n) is 18.8. The second-order valence-electron chi connectivity index (χ2n) is 14.5. The number of hydrogen-bond donors (Lipinski definition) is 0. The highest BCUT2D eigenvalue weighted by Gasteiger charge is 2.54. The van der Waals surface area contributed by atoms with Crippen molar-refractivity contribution < 1.29 is 0 Å². The Morgan fingerprint density at radius 1 is 0.315 bits per heavy atom. The fourth-order valence-electron chi connectivity index (χ4n) is 9.74. The summed E-state index contributed by atoms with van der Waals surface area (Å²) < 4.78 is 0. The molecule has 0 bridgehead atoms. The van der Waals surface area contributed by atoms with Crippen molar-refractivity contribution in [2.75, 3.05) is 19.3 Å². The summed E-state index contributed by atoms with van der Waals surface area (Å²) >= 11 is 0. The van der Waals surface area contributed by atoms with Crippen LogP contribution in [0.25, 0.3) is 22.3 Å². The van der Waals surface area contributed by atoms with Gasteiger partial charge in [-0.05, 0) is 106 Å². The zero-order chi connectivity index (χ0) is 35.3. The van der Waals surface area contributed by atoms with Gasteiger partial charge in [-0.25, -0.2) is 0 Å². The van der Waals surface area contributed by atoms with Gasteiger partial charge in [0.25, 0.3) is 0 Å². The number of para-hydroxylation sites is 6. The summed E-state index contributed by atoms with van der Waals surface area (Å²) in [4.78, 5) is 10.3. The van der Waals surface area contributed by atoms with Crippen molar-refractivity contribution in [1.82, 2.24) is 0 Å². The molecule has 0 saturated heterocycles. The molecule has 0 radical (unpaired) electrons. The van der Waals surface area contributed by atoms with Crippen LogP contribution >= 0.6 is 0 Å². The topological polar surface area (TPSA) is 13.0 Å². The SMILES string of the molecule is c1ccc(N2B3c4c(cc5c6c4-c4c(cccc4N3c3ccccc3)N(c3ccccc3)B6c3ccccc3N5c3ccccc3)-c3ccccc32)cc1. The minimum absolute atomic E-state index is 0.0483. The lowest BCUT2D eigenvalue weighted by Gasteiger charge is -2.53. The van der Waals surface area contributed by atoms with Gasteiger partial charge in [-0.15, -0.1) is 0 Å². The van der Waals surface area contributed by atoms with E-state index >= 15 is 0 Å². The highest BCUT2D eigenvalue weighted by Crippen LogP contribution is 2.56. The average Bonchev–Trinajstić information content (AvgIpc) is 3.25. The molecule has 4 aliphatic rings. The summed E-state index contributed by atoms with van der Waals surface area (Å²) in [6, 6.07) is 71.3. The number of fused-ring (bicyclic) bond motifs is 4. The van der Waals surface area contributed by atoms with E-state index < -0.39 is 0 Å². The van der Waals surface area contributed by atoms with Crippen LogP contribution in [0.2, 0.25) is 0 Å². The van der Waals surface area contributed by atoms with E-state index in [1.807, 2.05) is 0 Å². The van der Waals surface area contributed by atoms with E-state index in [1.54, 1.807) is 0 Å². The molecule has 0 atom stereocenters. The molecule has 6 heteroatoms. The Hall–Kier alpha value is -6.91. The molecule has 4 nitrogen and oxygen atoms in total. The lowest BCUT2D eigenvalue weighted by molar-refractivity contribution is 1.23. The summed E-state index contributed by atoms with van der Waals surface area (Å²) in [5, 5.41) is 0. The Bertz CT molecular complexity index is 2760. The number of anilines is 9. The Kier molecular flexibility index (Phi) is 6.20. The summed E-state index contributed by atoms with van der Waals surface area (Å²) in [6.07, 6.45) is 0. The molecule has 0 saturated carbocycles. The maximum Gasteiger partial charge on any atom is 0.421 e. The van der Waals surface area contributed by atoms with Crippen LogP contribution in [0.1, 0.15) is 0 Å². The maximum absolute atomic E-state index is 2.60. The van der Waals surface area contributed by atoms with E-state index in [-0.39, 0.29) is 13.8 Å². The van der Waals surface area contributed by atoms with Crippen LogP contribution in [0.15, 0.2) is 194 Å². The monoisotopic (exact) mass is 686 g/mol. The first-order valence-corrected chi connectivity index (χ1v) is 18.8. The van der Waals surface area contributed by atoms with Crippen molar-refractivity contribution in [3.05, 3.63) is 194 Å². The van der Waals surface area contributed by atoms with Gasteiger partial charge in [0.2, 0.25) is 0 Å². The minimum Gasteiger partial charge on any atom is -0.376 e. The third-order valence-corrected chi connectivity index (χ3v) is 11.7. The van der Waals surface area contributed by atoms with Crippen LogP contribution in [0.5, 0.6) is 0 Å². The van der Waals surface area contributed by atoms with Crippen LogP contribution in [-0.4, -0.2) is 13.8 Å². The molecule has 8 aromatic rings. The molecular formula is C48H32B2N4. The van der Waals surface area contributed by atoms with Crippen molar-refractivity contribution >= 4 is 81.4 Å². The van der Waals surface area contributed by atoms with Crippen LogP contribution in [-0.2, 0) is 0 Å². The van der Waals surface area contributed by atoms with Crippen molar-refractivity contribution in [2.45, 2.75) is 0 Å². The standard InChI is InChI=1S/C48H32B2N4/c1-5-18-33(19-6-1)51-41-29-16-14-27-39(41)49-48-44(51)32-38-37-26-13-15-28-40(37)53(35-22-9-3-10-23-35)50-47(38)46(48)45-42(52(49)34-20-7-2-8-21-34)30-17-31-43(45)54(50)36-24-11-4-12-25-36/h1-32H. The highest BCUT2D eigenvalue weighted by molar-refractivity contribution is 6.96. The van der Waals surface area contributed by atoms with Gasteiger partial charge in [-0.3, -0.25) is 0 Å². The van der Waals surface area contributed by atoms with Crippen molar-refractivity contribution in [3.63, 3.8) is 0 Å². The molecule has 0 aromatic heterocycles. The summed E-state index contributed by atoms with van der Waals surface area (Å²) in [6.45, 7) is -0.193. The van der Waals surface area contributed by atoms with Crippen LogP contribution in [0.3, 0.4) is 0 Å². The minimum atomic E-state index is -0.144. The normalized spacial score (nSPS) is 14.1. The van der Waals surface area contributed by atoms with Crippen molar-refractivity contribution in [1.29, 1.82) is 0 Å². The Labute approximate surface area is 316 Å². The molecule has 0 fully saturated rings. The van der Waals surface area contributed by atoms with Gasteiger partial charge in [0.1, 0.15) is 0 Å². The maximum atomic E-state index is 2.60. The van der Waals surface area contributed by atoms with E-state index in [0.29, 0.717) is 0 Å². The quantitative estimate of drug-likeness (QED) is 0.171. The Morgan fingerprint density at radius 2 is 0.796 bits per heavy atom. The second kappa shape index (κ2) is 11.3. The third kappa shape index (κ3) is 3.94. The van der Waals surface area contributed by atoms with E-state index in [0.717, 1.165) is 11.4 Å². The van der Waals surface area contributed by atoms with E-state index in [4.69, 9.17) is 0 Å². The zero-order valence-corrected chi connectivity index (χ0v) is 29.4. The molecule has 0 amide bonds. The predicted molar refractivity (Wildman–Crippen MR) is 228 cm³/mol. The number of hydrogen-bond acceptors (Lipinski definition) is 4. The lowest BCUT2D eigenvalue weighted by Crippen LogP contribution is -2.68. The van der Waals surface area contributed by atoms with Crippen LogP contribution in [0, 0.1) is 0 Å². The van der Waals surface area contributed by atoms with Gasteiger partial charge in [-0.1, -0.05) is 115 Å². The molecular weight excluding hydrogens is 654 g/mol. The summed E-state index contributed by atoms with van der Waals surface area (Å²) in [5.74, 6) is 0. The lowest BCUT2D eigenvalue weighted by atomic mass is 9.40. The van der Waals surface area contributed by atoms with Crippen LogP contribution in [0.4, 0.5) is 51.2 Å². The number of benzene rings is 8. The fourth-order valence-corrected chi connectivity index (χ4v) is 9.74. The van der Waals surface area contributed by atoms with Gasteiger partial charge < -0.3 is 19.3 Å².